The number of hydrogen-bond donors (Lipinski definition) is 0. The van der Waals surface area contributed by atoms with Crippen molar-refractivity contribution in [2.75, 3.05) is 0 Å². The molecule has 0 unspecified atom stereocenters. The molecule has 2 aromatic heterocycles. The molecule has 4 heteroatoms. The van der Waals surface area contributed by atoms with Gasteiger partial charge < -0.3 is 4.98 Å². The molecule has 6 aromatic rings. The molecular formula is C33H28GeIrN2-2. The van der Waals surface area contributed by atoms with Crippen molar-refractivity contribution in [3.05, 3.63) is 128 Å². The molecule has 0 amide bonds. The van der Waals surface area contributed by atoms with Crippen LogP contribution >= 0.6 is 0 Å². The van der Waals surface area contributed by atoms with Crippen molar-refractivity contribution >= 4 is 39.2 Å². The fourth-order valence-electron chi connectivity index (χ4n) is 4.17. The molecule has 37 heavy (non-hydrogen) atoms. The first-order valence-electron chi connectivity index (χ1n) is 12.2. The molecule has 185 valence electrons. The summed E-state index contributed by atoms with van der Waals surface area (Å²) in [6.07, 6.45) is 3.85. The van der Waals surface area contributed by atoms with E-state index in [1.54, 1.807) is 6.20 Å². The van der Waals surface area contributed by atoms with Gasteiger partial charge in [-0.05, 0) is 11.8 Å². The molecule has 0 aliphatic heterocycles. The fraction of sp³-hybridized carbons (Fsp3) is 0.0909. The number of benzene rings is 4. The van der Waals surface area contributed by atoms with Gasteiger partial charge in [0.2, 0.25) is 0 Å². The van der Waals surface area contributed by atoms with Gasteiger partial charge in [-0.25, -0.2) is 0 Å². The molecule has 0 saturated carbocycles. The second kappa shape index (κ2) is 12.0. The van der Waals surface area contributed by atoms with Crippen molar-refractivity contribution in [2.24, 2.45) is 0 Å². The molecule has 0 saturated heterocycles. The van der Waals surface area contributed by atoms with Crippen molar-refractivity contribution < 1.29 is 20.1 Å². The Morgan fingerprint density at radius 2 is 1.38 bits per heavy atom. The van der Waals surface area contributed by atoms with E-state index >= 15 is 0 Å². The molecule has 1 radical (unpaired) electrons. The number of pyridine rings is 2. The standard InChI is InChI=1S/C22H20GeN.C11H8N.Ir/c1-23(2,3)19-11-13-22(24-15-19)18-10-12-21-17(14-18)9-8-16-6-4-5-7-20(16)21;1-2-6-10(7-3-1)11-8-4-5-9-12-11;/h4-9,11-15H,1-3H3;1-6,8-9H;/q2*-1;. The van der Waals surface area contributed by atoms with Crippen LogP contribution in [0.2, 0.25) is 17.3 Å². The van der Waals surface area contributed by atoms with Crippen LogP contribution in [0.4, 0.5) is 0 Å². The zero-order chi connectivity index (χ0) is 25.0. The van der Waals surface area contributed by atoms with Crippen molar-refractivity contribution in [3.8, 4) is 22.5 Å². The monoisotopic (exact) mass is 719 g/mol. The molecule has 0 aliphatic rings. The fourth-order valence-corrected chi connectivity index (χ4v) is 6.34. The topological polar surface area (TPSA) is 25.8 Å². The summed E-state index contributed by atoms with van der Waals surface area (Å²) < 4.78 is 1.44. The van der Waals surface area contributed by atoms with Gasteiger partial charge in [-0.1, -0.05) is 12.1 Å². The first kappa shape index (κ1) is 26.9. The van der Waals surface area contributed by atoms with E-state index in [9.17, 15) is 0 Å². The maximum absolute atomic E-state index is 4.70. The van der Waals surface area contributed by atoms with E-state index in [0.717, 1.165) is 22.5 Å². The number of fused-ring (bicyclic) bond motifs is 3. The van der Waals surface area contributed by atoms with Gasteiger partial charge in [0.1, 0.15) is 0 Å². The summed E-state index contributed by atoms with van der Waals surface area (Å²) in [5, 5.41) is 5.03. The van der Waals surface area contributed by atoms with E-state index in [0.29, 0.717) is 0 Å². The summed E-state index contributed by atoms with van der Waals surface area (Å²) in [7, 11) is 0. The first-order chi connectivity index (χ1) is 17.5. The molecule has 0 spiro atoms. The Labute approximate surface area is 235 Å². The smallest absolute Gasteiger partial charge is 0.0160 e. The van der Waals surface area contributed by atoms with Crippen LogP contribution in [-0.2, 0) is 20.1 Å². The molecule has 0 N–H and O–H groups in total. The minimum Gasteiger partial charge on any atom is -0.305 e. The van der Waals surface area contributed by atoms with Crippen molar-refractivity contribution in [3.63, 3.8) is 0 Å². The molecular weight excluding hydrogens is 689 g/mol. The van der Waals surface area contributed by atoms with Gasteiger partial charge in [0.15, 0.2) is 0 Å². The van der Waals surface area contributed by atoms with Gasteiger partial charge in [-0.3, -0.25) is 0 Å². The zero-order valence-corrected chi connectivity index (χ0v) is 25.7. The molecule has 6 rings (SSSR count). The SMILES string of the molecule is [CH3][Ge]([CH3])([CH3])[c]1ccc(-c2[c-]cc3c(ccc4ccccc43)c2)nc1.[Ir].[c-]1ccccc1-c1ccccn1. The summed E-state index contributed by atoms with van der Waals surface area (Å²) in [5.41, 5.74) is 4.07. The Bertz CT molecular complexity index is 1560. The average molecular weight is 717 g/mol. The van der Waals surface area contributed by atoms with Crippen LogP contribution in [0.5, 0.6) is 0 Å². The number of rotatable bonds is 3. The minimum atomic E-state index is -1.80. The normalized spacial score (nSPS) is 10.9. The summed E-state index contributed by atoms with van der Waals surface area (Å²) >= 11 is -1.80. The average Bonchev–Trinajstić information content (AvgIpc) is 2.93. The third-order valence-corrected chi connectivity index (χ3v) is 10.5. The van der Waals surface area contributed by atoms with E-state index in [-0.39, 0.29) is 20.1 Å². The largest absolute Gasteiger partial charge is 0.305 e. The van der Waals surface area contributed by atoms with Gasteiger partial charge >= 0.3 is 146 Å². The van der Waals surface area contributed by atoms with Crippen LogP contribution in [0.25, 0.3) is 44.1 Å². The van der Waals surface area contributed by atoms with Crippen LogP contribution < -0.4 is 4.40 Å². The van der Waals surface area contributed by atoms with E-state index in [1.807, 2.05) is 42.5 Å². The summed E-state index contributed by atoms with van der Waals surface area (Å²) in [6.45, 7) is 0. The van der Waals surface area contributed by atoms with Crippen LogP contribution in [0.15, 0.2) is 116 Å². The third-order valence-electron chi connectivity index (χ3n) is 6.23. The second-order valence-corrected chi connectivity index (χ2v) is 20.5. The minimum absolute atomic E-state index is 0. The van der Waals surface area contributed by atoms with E-state index in [4.69, 9.17) is 4.98 Å². The molecule has 4 aromatic carbocycles. The molecule has 0 fully saturated rings. The van der Waals surface area contributed by atoms with Gasteiger partial charge in [-0.2, -0.15) is 0 Å². The summed E-state index contributed by atoms with van der Waals surface area (Å²) in [6, 6.07) is 41.8. The molecule has 0 bridgehead atoms. The van der Waals surface area contributed by atoms with E-state index < -0.39 is 13.3 Å². The van der Waals surface area contributed by atoms with E-state index in [1.165, 1.54) is 25.9 Å². The first-order valence-corrected chi connectivity index (χ1v) is 19.5. The Kier molecular flexibility index (Phi) is 8.71. The maximum atomic E-state index is 4.70. The summed E-state index contributed by atoms with van der Waals surface area (Å²) in [5.74, 6) is 7.18. The molecule has 0 aliphatic carbocycles. The van der Waals surface area contributed by atoms with Gasteiger partial charge in [-0.15, -0.1) is 35.9 Å². The maximum Gasteiger partial charge on any atom is 0.0160 e. The van der Waals surface area contributed by atoms with Crippen LogP contribution in [0.1, 0.15) is 0 Å². The van der Waals surface area contributed by atoms with Crippen LogP contribution in [0, 0.1) is 12.1 Å². The molecule has 2 nitrogen and oxygen atoms in total. The molecule has 0 atom stereocenters. The van der Waals surface area contributed by atoms with Gasteiger partial charge in [0.05, 0.1) is 0 Å². The zero-order valence-electron chi connectivity index (χ0n) is 21.2. The Morgan fingerprint density at radius 1 is 0.622 bits per heavy atom. The molecule has 2 heterocycles. The third kappa shape index (κ3) is 6.43. The Hall–Kier alpha value is -3.11. The quantitative estimate of drug-likeness (QED) is 0.106. The van der Waals surface area contributed by atoms with Crippen molar-refractivity contribution in [1.29, 1.82) is 0 Å². The van der Waals surface area contributed by atoms with Crippen molar-refractivity contribution in [2.45, 2.75) is 17.3 Å². The predicted molar refractivity (Wildman–Crippen MR) is 155 cm³/mol. The van der Waals surface area contributed by atoms with Crippen LogP contribution in [-0.4, -0.2) is 23.2 Å². The Balaban J connectivity index is 0.000000208. The Morgan fingerprint density at radius 3 is 2.08 bits per heavy atom. The van der Waals surface area contributed by atoms with Crippen LogP contribution in [0.3, 0.4) is 0 Å². The van der Waals surface area contributed by atoms with Gasteiger partial charge in [0, 0.05) is 26.3 Å². The van der Waals surface area contributed by atoms with E-state index in [2.05, 4.69) is 101 Å². The van der Waals surface area contributed by atoms with Gasteiger partial charge in [0.25, 0.3) is 0 Å². The summed E-state index contributed by atoms with van der Waals surface area (Å²) in [4.78, 5) is 8.92. The number of nitrogens with zero attached hydrogens (tertiary/aromatic N) is 2. The number of hydrogen-bond acceptors (Lipinski definition) is 2. The number of aromatic nitrogens is 2. The second-order valence-electron chi connectivity index (χ2n) is 9.81. The van der Waals surface area contributed by atoms with Crippen molar-refractivity contribution in [1.82, 2.24) is 9.97 Å². The predicted octanol–water partition coefficient (Wildman–Crippen LogP) is 7.95.